The van der Waals surface area contributed by atoms with Crippen molar-refractivity contribution in [1.82, 2.24) is 0 Å². The Morgan fingerprint density at radius 1 is 0.714 bits per heavy atom. The van der Waals surface area contributed by atoms with E-state index < -0.39 is 5.97 Å². The number of aliphatic carboxylic acids is 1. The van der Waals surface area contributed by atoms with Crippen molar-refractivity contribution in [1.29, 1.82) is 0 Å². The molecule has 0 heterocycles. The molecule has 0 saturated carbocycles. The molecule has 0 aliphatic rings. The summed E-state index contributed by atoms with van der Waals surface area (Å²) in [6, 6.07) is 0. The van der Waals surface area contributed by atoms with Crippen LogP contribution in [0.15, 0.2) is 12.2 Å². The van der Waals surface area contributed by atoms with Gasteiger partial charge in [0.15, 0.2) is 0 Å². The van der Waals surface area contributed by atoms with Gasteiger partial charge in [-0.25, -0.2) is 0 Å². The van der Waals surface area contributed by atoms with Crippen molar-refractivity contribution in [2.24, 2.45) is 0 Å². The second-order valence-electron chi connectivity index (χ2n) is 6.08. The van der Waals surface area contributed by atoms with Gasteiger partial charge in [-0.05, 0) is 32.1 Å². The Kier molecular flexibility index (Phi) is 16.6. The molecule has 0 radical (unpaired) electrons. The van der Waals surface area contributed by atoms with E-state index in [1.807, 2.05) is 0 Å². The Bertz CT molecular complexity index is 246. The van der Waals surface area contributed by atoms with Crippen LogP contribution in [0.3, 0.4) is 0 Å². The third-order valence-corrected chi connectivity index (χ3v) is 3.90. The Hall–Kier alpha value is -0.790. The normalized spacial score (nSPS) is 11.3. The van der Waals surface area contributed by atoms with Crippen LogP contribution in [0.5, 0.6) is 0 Å². The van der Waals surface area contributed by atoms with E-state index in [9.17, 15) is 4.79 Å². The molecule has 0 aliphatic heterocycles. The highest BCUT2D eigenvalue weighted by Gasteiger charge is 1.96. The first-order chi connectivity index (χ1) is 10.3. The molecule has 0 aromatic rings. The van der Waals surface area contributed by atoms with Crippen molar-refractivity contribution in [2.45, 2.75) is 103 Å². The number of hydrogen-bond acceptors (Lipinski definition) is 1. The van der Waals surface area contributed by atoms with Crippen molar-refractivity contribution in [3.8, 4) is 0 Å². The molecule has 0 aromatic carbocycles. The number of rotatable bonds is 16. The topological polar surface area (TPSA) is 37.3 Å². The van der Waals surface area contributed by atoms with Gasteiger partial charge in [-0.1, -0.05) is 76.9 Å². The fourth-order valence-corrected chi connectivity index (χ4v) is 2.52. The number of unbranched alkanes of at least 4 members (excludes halogenated alkanes) is 12. The molecule has 0 spiro atoms. The van der Waals surface area contributed by atoms with Crippen LogP contribution < -0.4 is 0 Å². The maximum absolute atomic E-state index is 10.3. The summed E-state index contributed by atoms with van der Waals surface area (Å²) < 4.78 is 0. The Labute approximate surface area is 132 Å². The highest BCUT2D eigenvalue weighted by Crippen LogP contribution is 2.11. The van der Waals surface area contributed by atoms with Gasteiger partial charge in [0.05, 0.1) is 0 Å². The molecule has 0 rings (SSSR count). The van der Waals surface area contributed by atoms with Crippen molar-refractivity contribution in [3.05, 3.63) is 12.2 Å². The summed E-state index contributed by atoms with van der Waals surface area (Å²) in [6.45, 7) is 2.25. The molecule has 2 nitrogen and oxygen atoms in total. The van der Waals surface area contributed by atoms with E-state index in [1.165, 1.54) is 77.0 Å². The molecule has 0 saturated heterocycles. The Morgan fingerprint density at radius 2 is 1.14 bits per heavy atom. The second-order valence-corrected chi connectivity index (χ2v) is 6.08. The van der Waals surface area contributed by atoms with Gasteiger partial charge in [0.1, 0.15) is 0 Å². The molecule has 0 aromatic heterocycles. The van der Waals surface area contributed by atoms with Gasteiger partial charge >= 0.3 is 5.97 Å². The summed E-state index contributed by atoms with van der Waals surface area (Å²) in [6.07, 6.45) is 22.7. The quantitative estimate of drug-likeness (QED) is 0.261. The van der Waals surface area contributed by atoms with E-state index in [0.717, 1.165) is 12.8 Å². The zero-order chi connectivity index (χ0) is 15.6. The molecular weight excluding hydrogens is 260 g/mol. The minimum Gasteiger partial charge on any atom is -0.481 e. The van der Waals surface area contributed by atoms with E-state index in [-0.39, 0.29) is 0 Å². The molecule has 124 valence electrons. The van der Waals surface area contributed by atoms with Gasteiger partial charge in [-0.2, -0.15) is 0 Å². The van der Waals surface area contributed by atoms with E-state index >= 15 is 0 Å². The van der Waals surface area contributed by atoms with Crippen LogP contribution in [-0.2, 0) is 4.79 Å². The monoisotopic (exact) mass is 296 g/mol. The minimum absolute atomic E-state index is 0.339. The van der Waals surface area contributed by atoms with E-state index in [4.69, 9.17) is 5.11 Å². The Balaban J connectivity index is 3.04. The molecule has 0 bridgehead atoms. The number of carbonyl (C=O) groups is 1. The van der Waals surface area contributed by atoms with Gasteiger partial charge in [0, 0.05) is 6.42 Å². The van der Waals surface area contributed by atoms with Crippen LogP contribution >= 0.6 is 0 Å². The van der Waals surface area contributed by atoms with Crippen LogP contribution in [0, 0.1) is 0 Å². The predicted octanol–water partition coefficient (Wildman–Crippen LogP) is 6.50. The third-order valence-electron chi connectivity index (χ3n) is 3.90. The number of carboxylic acids is 1. The summed E-state index contributed by atoms with van der Waals surface area (Å²) >= 11 is 0. The molecular formula is C19H36O2. The molecule has 0 fully saturated rings. The van der Waals surface area contributed by atoms with Crippen molar-refractivity contribution >= 4 is 5.97 Å². The van der Waals surface area contributed by atoms with Gasteiger partial charge in [-0.3, -0.25) is 4.79 Å². The minimum atomic E-state index is -0.658. The average molecular weight is 296 g/mol. The number of hydrogen-bond donors (Lipinski definition) is 1. The van der Waals surface area contributed by atoms with Gasteiger partial charge in [0.2, 0.25) is 0 Å². The summed E-state index contributed by atoms with van der Waals surface area (Å²) in [5.41, 5.74) is 0. The van der Waals surface area contributed by atoms with E-state index in [1.54, 1.807) is 0 Å². The third kappa shape index (κ3) is 19.2. The van der Waals surface area contributed by atoms with Crippen molar-refractivity contribution in [2.75, 3.05) is 0 Å². The van der Waals surface area contributed by atoms with E-state index in [2.05, 4.69) is 19.1 Å². The lowest BCUT2D eigenvalue weighted by Gasteiger charge is -2.01. The Morgan fingerprint density at radius 3 is 1.62 bits per heavy atom. The summed E-state index contributed by atoms with van der Waals surface area (Å²) in [5.74, 6) is -0.658. The summed E-state index contributed by atoms with van der Waals surface area (Å²) in [5, 5.41) is 8.52. The smallest absolute Gasteiger partial charge is 0.303 e. The van der Waals surface area contributed by atoms with Crippen molar-refractivity contribution < 1.29 is 9.90 Å². The van der Waals surface area contributed by atoms with Gasteiger partial charge in [0.25, 0.3) is 0 Å². The summed E-state index contributed by atoms with van der Waals surface area (Å²) in [4.78, 5) is 10.3. The molecule has 2 heteroatoms. The maximum atomic E-state index is 10.3. The molecule has 21 heavy (non-hydrogen) atoms. The highest BCUT2D eigenvalue weighted by molar-refractivity contribution is 5.66. The molecule has 0 atom stereocenters. The lowest BCUT2D eigenvalue weighted by atomic mass is 10.1. The van der Waals surface area contributed by atoms with Gasteiger partial charge < -0.3 is 5.11 Å². The second kappa shape index (κ2) is 17.3. The van der Waals surface area contributed by atoms with E-state index in [0.29, 0.717) is 6.42 Å². The number of carboxylic acid groups (broad SMARTS) is 1. The SMILES string of the molecule is CCCCC/C=C/CCCCCCCCCCCC(=O)O. The fourth-order valence-electron chi connectivity index (χ4n) is 2.52. The highest BCUT2D eigenvalue weighted by atomic mass is 16.4. The maximum Gasteiger partial charge on any atom is 0.303 e. The molecule has 0 amide bonds. The zero-order valence-corrected chi connectivity index (χ0v) is 14.1. The first kappa shape index (κ1) is 20.2. The van der Waals surface area contributed by atoms with Crippen LogP contribution in [0.1, 0.15) is 103 Å². The van der Waals surface area contributed by atoms with Crippen LogP contribution in [-0.4, -0.2) is 11.1 Å². The predicted molar refractivity (Wildman–Crippen MR) is 91.7 cm³/mol. The first-order valence-electron chi connectivity index (χ1n) is 9.14. The average Bonchev–Trinajstić information content (AvgIpc) is 2.46. The fraction of sp³-hybridized carbons (Fsp3) is 0.842. The van der Waals surface area contributed by atoms with Crippen LogP contribution in [0.2, 0.25) is 0 Å². The zero-order valence-electron chi connectivity index (χ0n) is 14.1. The lowest BCUT2D eigenvalue weighted by molar-refractivity contribution is -0.137. The van der Waals surface area contributed by atoms with Crippen LogP contribution in [0.4, 0.5) is 0 Å². The first-order valence-corrected chi connectivity index (χ1v) is 9.14. The number of allylic oxidation sites excluding steroid dienone is 2. The van der Waals surface area contributed by atoms with Crippen LogP contribution in [0.25, 0.3) is 0 Å². The molecule has 0 aliphatic carbocycles. The largest absolute Gasteiger partial charge is 0.481 e. The molecule has 1 N–H and O–H groups in total. The lowest BCUT2D eigenvalue weighted by Crippen LogP contribution is -1.93. The van der Waals surface area contributed by atoms with Crippen molar-refractivity contribution in [3.63, 3.8) is 0 Å². The molecule has 0 unspecified atom stereocenters. The summed E-state index contributed by atoms with van der Waals surface area (Å²) in [7, 11) is 0. The standard InChI is InChI=1S/C19H36O2/c1-2-3-4-5-6-7-8-9-10-11-12-13-14-15-16-17-18-19(20)21/h6-7H,2-5,8-18H2,1H3,(H,20,21)/b7-6+. The van der Waals surface area contributed by atoms with Gasteiger partial charge in [-0.15, -0.1) is 0 Å².